The third-order valence-electron chi connectivity index (χ3n) is 4.34. The van der Waals surface area contributed by atoms with E-state index < -0.39 is 11.9 Å². The standard InChI is InChI=1S/C18H19N3O4/c22-16-9-8-15(13-5-2-1-3-6-13)19-21(16)12-17(23)20-10-4-7-14(11-20)18(24)25/h1-3,5-6,8-9,14H,4,7,10-12H2,(H,24,25). The summed E-state index contributed by atoms with van der Waals surface area (Å²) in [4.78, 5) is 37.1. The van der Waals surface area contributed by atoms with Gasteiger partial charge in [0.15, 0.2) is 0 Å². The van der Waals surface area contributed by atoms with Crippen LogP contribution in [0.25, 0.3) is 11.3 Å². The molecule has 1 atom stereocenters. The number of amides is 1. The quantitative estimate of drug-likeness (QED) is 0.903. The van der Waals surface area contributed by atoms with Gasteiger partial charge in [0.2, 0.25) is 5.91 Å². The van der Waals surface area contributed by atoms with E-state index in [0.717, 1.165) is 10.2 Å². The van der Waals surface area contributed by atoms with Gasteiger partial charge in [-0.05, 0) is 18.9 Å². The molecule has 1 amide bonds. The van der Waals surface area contributed by atoms with Crippen LogP contribution in [0.4, 0.5) is 0 Å². The first-order valence-electron chi connectivity index (χ1n) is 8.19. The molecule has 7 nitrogen and oxygen atoms in total. The summed E-state index contributed by atoms with van der Waals surface area (Å²) >= 11 is 0. The lowest BCUT2D eigenvalue weighted by Crippen LogP contribution is -2.44. The van der Waals surface area contributed by atoms with Crippen molar-refractivity contribution in [3.63, 3.8) is 0 Å². The first-order valence-corrected chi connectivity index (χ1v) is 8.19. The number of carboxylic acids is 1. The van der Waals surface area contributed by atoms with Gasteiger partial charge >= 0.3 is 5.97 Å². The molecule has 1 N–H and O–H groups in total. The van der Waals surface area contributed by atoms with Crippen LogP contribution >= 0.6 is 0 Å². The fourth-order valence-electron chi connectivity index (χ4n) is 2.96. The molecule has 1 unspecified atom stereocenters. The van der Waals surface area contributed by atoms with Crippen LogP contribution in [0.5, 0.6) is 0 Å². The highest BCUT2D eigenvalue weighted by Gasteiger charge is 2.28. The van der Waals surface area contributed by atoms with Crippen molar-refractivity contribution >= 4 is 11.9 Å². The van der Waals surface area contributed by atoms with E-state index in [9.17, 15) is 14.4 Å². The summed E-state index contributed by atoms with van der Waals surface area (Å²) in [5.74, 6) is -1.72. The van der Waals surface area contributed by atoms with E-state index in [-0.39, 0.29) is 24.6 Å². The highest BCUT2D eigenvalue weighted by molar-refractivity contribution is 5.77. The summed E-state index contributed by atoms with van der Waals surface area (Å²) in [5.41, 5.74) is 1.10. The van der Waals surface area contributed by atoms with Crippen molar-refractivity contribution in [2.24, 2.45) is 5.92 Å². The van der Waals surface area contributed by atoms with Gasteiger partial charge in [-0.1, -0.05) is 30.3 Å². The first-order chi connectivity index (χ1) is 12.0. The Morgan fingerprint density at radius 2 is 1.92 bits per heavy atom. The molecule has 0 saturated carbocycles. The molecule has 1 aliphatic heterocycles. The van der Waals surface area contributed by atoms with Gasteiger partial charge in [0.05, 0.1) is 11.6 Å². The third-order valence-corrected chi connectivity index (χ3v) is 4.34. The maximum absolute atomic E-state index is 12.5. The molecule has 1 fully saturated rings. The number of aromatic nitrogens is 2. The molecule has 1 aromatic carbocycles. The fourth-order valence-corrected chi connectivity index (χ4v) is 2.96. The maximum atomic E-state index is 12.5. The minimum absolute atomic E-state index is 0.182. The number of likely N-dealkylation sites (tertiary alicyclic amines) is 1. The Morgan fingerprint density at radius 1 is 1.16 bits per heavy atom. The Morgan fingerprint density at radius 3 is 2.64 bits per heavy atom. The third kappa shape index (κ3) is 3.93. The average molecular weight is 341 g/mol. The summed E-state index contributed by atoms with van der Waals surface area (Å²) in [5, 5.41) is 13.4. The fraction of sp³-hybridized carbons (Fsp3) is 0.333. The van der Waals surface area contributed by atoms with Gasteiger partial charge in [0, 0.05) is 24.7 Å². The number of hydrogen-bond acceptors (Lipinski definition) is 4. The van der Waals surface area contributed by atoms with Crippen molar-refractivity contribution < 1.29 is 14.7 Å². The SMILES string of the molecule is O=C(O)C1CCCN(C(=O)Cn2nc(-c3ccccc3)ccc2=O)C1. The van der Waals surface area contributed by atoms with Crippen molar-refractivity contribution in [2.75, 3.05) is 13.1 Å². The van der Waals surface area contributed by atoms with Gasteiger partial charge in [-0.25, -0.2) is 4.68 Å². The lowest BCUT2D eigenvalue weighted by atomic mass is 9.98. The second-order valence-electron chi connectivity index (χ2n) is 6.10. The van der Waals surface area contributed by atoms with E-state index in [2.05, 4.69) is 5.10 Å². The highest BCUT2D eigenvalue weighted by atomic mass is 16.4. The van der Waals surface area contributed by atoms with E-state index in [1.165, 1.54) is 11.0 Å². The number of nitrogens with zero attached hydrogens (tertiary/aromatic N) is 3. The minimum Gasteiger partial charge on any atom is -0.481 e. The molecule has 25 heavy (non-hydrogen) atoms. The van der Waals surface area contributed by atoms with Crippen molar-refractivity contribution in [1.82, 2.24) is 14.7 Å². The van der Waals surface area contributed by atoms with Crippen LogP contribution in [0.3, 0.4) is 0 Å². The summed E-state index contributed by atoms with van der Waals surface area (Å²) in [6.07, 6.45) is 1.22. The molecule has 0 spiro atoms. The number of rotatable bonds is 4. The topological polar surface area (TPSA) is 92.5 Å². The Kier molecular flexibility index (Phi) is 4.92. The molecule has 2 aromatic rings. The van der Waals surface area contributed by atoms with Crippen molar-refractivity contribution in [3.05, 3.63) is 52.8 Å². The molecule has 3 rings (SSSR count). The molecule has 1 aliphatic rings. The van der Waals surface area contributed by atoms with Gasteiger partial charge < -0.3 is 10.0 Å². The number of aliphatic carboxylic acids is 1. The molecule has 1 saturated heterocycles. The predicted octanol–water partition coefficient (Wildman–Crippen LogP) is 1.23. The smallest absolute Gasteiger partial charge is 0.308 e. The van der Waals surface area contributed by atoms with Gasteiger partial charge in [-0.3, -0.25) is 14.4 Å². The zero-order valence-corrected chi connectivity index (χ0v) is 13.7. The van der Waals surface area contributed by atoms with Crippen LogP contribution < -0.4 is 5.56 Å². The van der Waals surface area contributed by atoms with Crippen LogP contribution in [0.2, 0.25) is 0 Å². The molecule has 1 aromatic heterocycles. The molecule has 130 valence electrons. The molecule has 2 heterocycles. The number of carbonyl (C=O) groups excluding carboxylic acids is 1. The first kappa shape index (κ1) is 16.9. The van der Waals surface area contributed by atoms with Gasteiger partial charge in [0.25, 0.3) is 5.56 Å². The largest absolute Gasteiger partial charge is 0.481 e. The van der Waals surface area contributed by atoms with Gasteiger partial charge in [0.1, 0.15) is 6.54 Å². The van der Waals surface area contributed by atoms with Crippen LogP contribution in [-0.2, 0) is 16.1 Å². The van der Waals surface area contributed by atoms with E-state index in [4.69, 9.17) is 5.11 Å². The second kappa shape index (κ2) is 7.29. The van der Waals surface area contributed by atoms with Crippen LogP contribution in [0.15, 0.2) is 47.3 Å². The Bertz CT molecular complexity index is 832. The number of piperidine rings is 1. The maximum Gasteiger partial charge on any atom is 0.308 e. The lowest BCUT2D eigenvalue weighted by molar-refractivity contribution is -0.145. The van der Waals surface area contributed by atoms with E-state index in [1.807, 2.05) is 30.3 Å². The lowest BCUT2D eigenvalue weighted by Gasteiger charge is -2.30. The minimum atomic E-state index is -0.890. The van der Waals surface area contributed by atoms with Crippen molar-refractivity contribution in [3.8, 4) is 11.3 Å². The van der Waals surface area contributed by atoms with Crippen LogP contribution in [0, 0.1) is 5.92 Å². The predicted molar refractivity (Wildman–Crippen MR) is 90.9 cm³/mol. The zero-order valence-electron chi connectivity index (χ0n) is 13.7. The Hall–Kier alpha value is -2.96. The van der Waals surface area contributed by atoms with Crippen LogP contribution in [-0.4, -0.2) is 44.8 Å². The second-order valence-corrected chi connectivity index (χ2v) is 6.10. The molecular weight excluding hydrogens is 322 g/mol. The number of carbonyl (C=O) groups is 2. The number of benzene rings is 1. The molecule has 7 heteroatoms. The number of hydrogen-bond donors (Lipinski definition) is 1. The van der Waals surface area contributed by atoms with Gasteiger partial charge in [-0.15, -0.1) is 0 Å². The number of carboxylic acid groups (broad SMARTS) is 1. The molecular formula is C18H19N3O4. The summed E-state index contributed by atoms with van der Waals surface area (Å²) < 4.78 is 1.13. The summed E-state index contributed by atoms with van der Waals surface area (Å²) in [7, 11) is 0. The van der Waals surface area contributed by atoms with Crippen molar-refractivity contribution in [1.29, 1.82) is 0 Å². The normalized spacial score (nSPS) is 17.3. The van der Waals surface area contributed by atoms with Gasteiger partial charge in [-0.2, -0.15) is 5.10 Å². The van der Waals surface area contributed by atoms with E-state index >= 15 is 0 Å². The summed E-state index contributed by atoms with van der Waals surface area (Å²) in [6, 6.07) is 12.4. The highest BCUT2D eigenvalue weighted by Crippen LogP contribution is 2.17. The Balaban J connectivity index is 1.77. The molecule has 0 aliphatic carbocycles. The Labute approximate surface area is 144 Å². The van der Waals surface area contributed by atoms with E-state index in [1.54, 1.807) is 6.07 Å². The summed E-state index contributed by atoms with van der Waals surface area (Å²) in [6.45, 7) is 0.503. The van der Waals surface area contributed by atoms with Crippen molar-refractivity contribution in [2.45, 2.75) is 19.4 Å². The van der Waals surface area contributed by atoms with Crippen LogP contribution in [0.1, 0.15) is 12.8 Å². The molecule has 0 bridgehead atoms. The monoisotopic (exact) mass is 341 g/mol. The zero-order chi connectivity index (χ0) is 17.8. The average Bonchev–Trinajstić information content (AvgIpc) is 2.64. The molecule has 0 radical (unpaired) electrons. The van der Waals surface area contributed by atoms with E-state index in [0.29, 0.717) is 25.1 Å².